The minimum Gasteiger partial charge on any atom is -0.491 e. The lowest BCUT2D eigenvalue weighted by Gasteiger charge is -2.08. The summed E-state index contributed by atoms with van der Waals surface area (Å²) in [6, 6.07) is 6.10. The molecule has 0 aliphatic heterocycles. The van der Waals surface area contributed by atoms with Gasteiger partial charge in [-0.15, -0.1) is 0 Å². The molecule has 1 aliphatic carbocycles. The first-order chi connectivity index (χ1) is 9.27. The molecule has 0 radical (unpaired) electrons. The second-order valence-electron chi connectivity index (χ2n) is 5.38. The van der Waals surface area contributed by atoms with E-state index in [1.807, 2.05) is 6.07 Å². The van der Waals surface area contributed by atoms with E-state index in [9.17, 15) is 4.39 Å². The summed E-state index contributed by atoms with van der Waals surface area (Å²) in [4.78, 5) is 0. The van der Waals surface area contributed by atoms with Gasteiger partial charge < -0.3 is 10.1 Å². The summed E-state index contributed by atoms with van der Waals surface area (Å²) in [6.07, 6.45) is 7.32. The molecule has 0 bridgehead atoms. The smallest absolute Gasteiger partial charge is 0.167 e. The summed E-state index contributed by atoms with van der Waals surface area (Å²) < 4.78 is 19.1. The number of hydrogen-bond donors (Lipinski definition) is 1. The Morgan fingerprint density at radius 3 is 2.79 bits per heavy atom. The van der Waals surface area contributed by atoms with Crippen molar-refractivity contribution in [3.63, 3.8) is 0 Å². The molecule has 2 rings (SSSR count). The van der Waals surface area contributed by atoms with E-state index in [1.165, 1.54) is 25.7 Å². The van der Waals surface area contributed by atoms with Gasteiger partial charge in [-0.05, 0) is 50.8 Å². The molecule has 1 saturated carbocycles. The van der Waals surface area contributed by atoms with Gasteiger partial charge in [0.2, 0.25) is 0 Å². The van der Waals surface area contributed by atoms with E-state index in [-0.39, 0.29) is 5.82 Å². The fourth-order valence-corrected chi connectivity index (χ4v) is 2.09. The fraction of sp³-hybridized carbons (Fsp3) is 0.625. The second kappa shape index (κ2) is 7.49. The number of unbranched alkanes of at least 4 members (excludes halogenated alkanes) is 3. The zero-order chi connectivity index (χ0) is 13.5. The van der Waals surface area contributed by atoms with E-state index < -0.39 is 0 Å². The van der Waals surface area contributed by atoms with Crippen molar-refractivity contribution in [1.82, 2.24) is 5.32 Å². The fourth-order valence-electron chi connectivity index (χ4n) is 2.09. The maximum Gasteiger partial charge on any atom is 0.167 e. The van der Waals surface area contributed by atoms with Crippen LogP contribution in [0, 0.1) is 12.7 Å². The van der Waals surface area contributed by atoms with Crippen molar-refractivity contribution in [3.8, 4) is 5.75 Å². The predicted molar refractivity (Wildman–Crippen MR) is 76.1 cm³/mol. The Morgan fingerprint density at radius 2 is 2.00 bits per heavy atom. The van der Waals surface area contributed by atoms with Crippen LogP contribution in [-0.4, -0.2) is 19.2 Å². The van der Waals surface area contributed by atoms with Gasteiger partial charge in [0.05, 0.1) is 6.61 Å². The topological polar surface area (TPSA) is 21.3 Å². The van der Waals surface area contributed by atoms with Gasteiger partial charge in [0, 0.05) is 6.04 Å². The highest BCUT2D eigenvalue weighted by molar-refractivity contribution is 5.29. The summed E-state index contributed by atoms with van der Waals surface area (Å²) in [5.74, 6) is 0.159. The van der Waals surface area contributed by atoms with Crippen LogP contribution >= 0.6 is 0 Å². The van der Waals surface area contributed by atoms with Crippen LogP contribution in [0.5, 0.6) is 5.75 Å². The molecule has 1 N–H and O–H groups in total. The molecule has 1 aliphatic rings. The van der Waals surface area contributed by atoms with Gasteiger partial charge in [-0.3, -0.25) is 0 Å². The molecule has 0 spiro atoms. The molecule has 3 heteroatoms. The number of aryl methyl sites for hydroxylation is 1. The average molecular weight is 265 g/mol. The highest BCUT2D eigenvalue weighted by Gasteiger charge is 2.19. The summed E-state index contributed by atoms with van der Waals surface area (Å²) in [5.41, 5.74) is 0.642. The Bertz CT molecular complexity index is 390. The van der Waals surface area contributed by atoms with Crippen LogP contribution in [0.1, 0.15) is 44.1 Å². The molecule has 0 unspecified atom stereocenters. The van der Waals surface area contributed by atoms with E-state index in [0.29, 0.717) is 17.9 Å². The van der Waals surface area contributed by atoms with Gasteiger partial charge in [-0.2, -0.15) is 0 Å². The van der Waals surface area contributed by atoms with E-state index in [1.54, 1.807) is 19.1 Å². The van der Waals surface area contributed by atoms with Crippen molar-refractivity contribution in [2.75, 3.05) is 13.2 Å². The zero-order valence-electron chi connectivity index (χ0n) is 11.8. The highest BCUT2D eigenvalue weighted by atomic mass is 19.1. The number of ether oxygens (including phenoxy) is 1. The van der Waals surface area contributed by atoms with Gasteiger partial charge >= 0.3 is 0 Å². The number of halogens is 1. The molecule has 0 heterocycles. The van der Waals surface area contributed by atoms with Crippen LogP contribution in [-0.2, 0) is 0 Å². The Morgan fingerprint density at radius 1 is 1.21 bits per heavy atom. The first kappa shape index (κ1) is 14.3. The largest absolute Gasteiger partial charge is 0.491 e. The van der Waals surface area contributed by atoms with Crippen LogP contribution in [0.15, 0.2) is 18.2 Å². The zero-order valence-corrected chi connectivity index (χ0v) is 11.8. The van der Waals surface area contributed by atoms with Crippen molar-refractivity contribution in [3.05, 3.63) is 29.6 Å². The Hall–Kier alpha value is -1.09. The number of nitrogens with one attached hydrogen (secondary N) is 1. The second-order valence-corrected chi connectivity index (χ2v) is 5.38. The minimum atomic E-state index is -0.226. The molecule has 0 saturated heterocycles. The van der Waals surface area contributed by atoms with E-state index >= 15 is 0 Å². The summed E-state index contributed by atoms with van der Waals surface area (Å²) >= 11 is 0. The maximum atomic E-state index is 13.6. The van der Waals surface area contributed by atoms with Crippen molar-refractivity contribution in [1.29, 1.82) is 0 Å². The highest BCUT2D eigenvalue weighted by Crippen LogP contribution is 2.20. The van der Waals surface area contributed by atoms with E-state index in [0.717, 1.165) is 25.4 Å². The van der Waals surface area contributed by atoms with Gasteiger partial charge in [0.25, 0.3) is 0 Å². The molecule has 0 aromatic heterocycles. The summed E-state index contributed by atoms with van der Waals surface area (Å²) in [5, 5.41) is 3.51. The Labute approximate surface area is 115 Å². The Kier molecular flexibility index (Phi) is 5.64. The Balaban J connectivity index is 1.50. The van der Waals surface area contributed by atoms with Crippen molar-refractivity contribution in [2.24, 2.45) is 0 Å². The normalized spacial score (nSPS) is 14.6. The molecule has 1 fully saturated rings. The SMILES string of the molecule is Cc1cccc(OCCCCCCNC2CC2)c1F. The van der Waals surface area contributed by atoms with Crippen LogP contribution in [0.2, 0.25) is 0 Å². The lowest BCUT2D eigenvalue weighted by Crippen LogP contribution is -2.17. The lowest BCUT2D eigenvalue weighted by molar-refractivity contribution is 0.289. The molecular weight excluding hydrogens is 241 g/mol. The summed E-state index contributed by atoms with van der Waals surface area (Å²) in [7, 11) is 0. The molecule has 1 aromatic rings. The molecule has 0 atom stereocenters. The number of rotatable bonds is 9. The lowest BCUT2D eigenvalue weighted by atomic mass is 10.2. The first-order valence-corrected chi connectivity index (χ1v) is 7.38. The van der Waals surface area contributed by atoms with Gasteiger partial charge in [0.15, 0.2) is 11.6 Å². The van der Waals surface area contributed by atoms with E-state index in [4.69, 9.17) is 4.74 Å². The van der Waals surface area contributed by atoms with Crippen molar-refractivity contribution in [2.45, 2.75) is 51.5 Å². The molecular formula is C16H24FNO. The van der Waals surface area contributed by atoms with Crippen LogP contribution in [0.4, 0.5) is 4.39 Å². The van der Waals surface area contributed by atoms with Gasteiger partial charge in [-0.25, -0.2) is 4.39 Å². The first-order valence-electron chi connectivity index (χ1n) is 7.38. The van der Waals surface area contributed by atoms with Crippen molar-refractivity contribution < 1.29 is 9.13 Å². The maximum absolute atomic E-state index is 13.6. The minimum absolute atomic E-state index is 0.226. The third kappa shape index (κ3) is 5.19. The molecule has 106 valence electrons. The van der Waals surface area contributed by atoms with Crippen molar-refractivity contribution >= 4 is 0 Å². The van der Waals surface area contributed by atoms with Gasteiger partial charge in [-0.1, -0.05) is 25.0 Å². The van der Waals surface area contributed by atoms with E-state index in [2.05, 4.69) is 5.32 Å². The third-order valence-corrected chi connectivity index (χ3v) is 3.50. The molecule has 1 aromatic carbocycles. The van der Waals surface area contributed by atoms with Crippen LogP contribution in [0.25, 0.3) is 0 Å². The van der Waals surface area contributed by atoms with Crippen LogP contribution in [0.3, 0.4) is 0 Å². The third-order valence-electron chi connectivity index (χ3n) is 3.50. The number of benzene rings is 1. The quantitative estimate of drug-likeness (QED) is 0.685. The standard InChI is InChI=1S/C16H24FNO/c1-13-7-6-8-15(16(13)17)19-12-5-3-2-4-11-18-14-9-10-14/h6-8,14,18H,2-5,9-12H2,1H3. The summed E-state index contributed by atoms with van der Waals surface area (Å²) in [6.45, 7) is 3.50. The average Bonchev–Trinajstić information content (AvgIpc) is 3.21. The molecule has 0 amide bonds. The number of hydrogen-bond acceptors (Lipinski definition) is 2. The monoisotopic (exact) mass is 265 g/mol. The molecule has 19 heavy (non-hydrogen) atoms. The molecule has 2 nitrogen and oxygen atoms in total. The van der Waals surface area contributed by atoms with Crippen LogP contribution < -0.4 is 10.1 Å². The van der Waals surface area contributed by atoms with Gasteiger partial charge in [0.1, 0.15) is 0 Å². The predicted octanol–water partition coefficient (Wildman–Crippen LogP) is 3.83.